The number of tetrazole rings is 1. The van der Waals surface area contributed by atoms with E-state index in [0.717, 1.165) is 24.1 Å². The summed E-state index contributed by atoms with van der Waals surface area (Å²) in [5.74, 6) is -0.246. The number of hydrogen-bond acceptors (Lipinski definition) is 6. The van der Waals surface area contributed by atoms with E-state index in [1.807, 2.05) is 30.3 Å². The number of amides is 1. The van der Waals surface area contributed by atoms with E-state index in [1.54, 1.807) is 0 Å². The van der Waals surface area contributed by atoms with Crippen molar-refractivity contribution in [3.8, 4) is 0 Å². The molecular weight excluding hydrogens is 270 g/mol. The molecule has 2 aromatic rings. The quantitative estimate of drug-likeness (QED) is 0.596. The highest BCUT2D eigenvalue weighted by Gasteiger charge is 2.08. The van der Waals surface area contributed by atoms with Crippen LogP contribution in [0.2, 0.25) is 0 Å². The Morgan fingerprint density at radius 3 is 2.76 bits per heavy atom. The van der Waals surface area contributed by atoms with Gasteiger partial charge >= 0.3 is 0 Å². The van der Waals surface area contributed by atoms with Gasteiger partial charge < -0.3 is 5.73 Å². The number of rotatable bonds is 6. The van der Waals surface area contributed by atoms with E-state index < -0.39 is 0 Å². The highest BCUT2D eigenvalue weighted by atomic mass is 16.2. The molecule has 0 bridgehead atoms. The summed E-state index contributed by atoms with van der Waals surface area (Å²) >= 11 is 0. The van der Waals surface area contributed by atoms with Crippen LogP contribution in [0.15, 0.2) is 35.4 Å². The first kappa shape index (κ1) is 14.6. The van der Waals surface area contributed by atoms with Crippen LogP contribution in [0.3, 0.4) is 0 Å². The van der Waals surface area contributed by atoms with Gasteiger partial charge in [0.05, 0.1) is 5.71 Å². The van der Waals surface area contributed by atoms with Crippen LogP contribution < -0.4 is 11.2 Å². The summed E-state index contributed by atoms with van der Waals surface area (Å²) in [6.45, 7) is 1.98. The Balaban J connectivity index is 2.03. The second-order valence-corrected chi connectivity index (χ2v) is 4.40. The molecular formula is C13H17N7O. The number of hydrogen-bond donors (Lipinski definition) is 2. The molecule has 0 aliphatic carbocycles. The maximum Gasteiger partial charge on any atom is 0.262 e. The molecule has 1 aromatic carbocycles. The number of aromatic nitrogens is 4. The number of carbonyl (C=O) groups is 1. The Kier molecular flexibility index (Phi) is 4.97. The molecule has 3 N–H and O–H groups in total. The molecule has 0 atom stereocenters. The van der Waals surface area contributed by atoms with Crippen LogP contribution >= 0.6 is 0 Å². The van der Waals surface area contributed by atoms with E-state index in [9.17, 15) is 4.79 Å². The van der Waals surface area contributed by atoms with Crippen molar-refractivity contribution in [3.05, 3.63) is 35.9 Å². The standard InChI is InChI=1S/C13H17N7O/c1-2-6-11(10-7-4-3-5-8-10)15-16-12(21)9-20-13(14)17-18-19-20/h3-5,7-8H,2,6,9H2,1H3,(H,16,21)(H2,14,17,19). The minimum absolute atomic E-state index is 0.0729. The van der Waals surface area contributed by atoms with Gasteiger partial charge in [-0.15, -0.1) is 0 Å². The minimum atomic E-state index is -0.335. The molecule has 0 fully saturated rings. The van der Waals surface area contributed by atoms with E-state index in [4.69, 9.17) is 5.73 Å². The summed E-state index contributed by atoms with van der Waals surface area (Å²) < 4.78 is 1.20. The van der Waals surface area contributed by atoms with Crippen molar-refractivity contribution in [2.45, 2.75) is 26.3 Å². The first-order valence-corrected chi connectivity index (χ1v) is 6.63. The molecule has 110 valence electrons. The lowest BCUT2D eigenvalue weighted by Crippen LogP contribution is -2.26. The summed E-state index contributed by atoms with van der Waals surface area (Å²) in [5, 5.41) is 14.7. The van der Waals surface area contributed by atoms with Gasteiger partial charge in [0.2, 0.25) is 5.95 Å². The largest absolute Gasteiger partial charge is 0.367 e. The molecule has 0 radical (unpaired) electrons. The summed E-state index contributed by atoms with van der Waals surface area (Å²) in [7, 11) is 0. The number of hydrazone groups is 1. The van der Waals surface area contributed by atoms with Gasteiger partial charge in [0.25, 0.3) is 5.91 Å². The zero-order chi connectivity index (χ0) is 15.1. The fourth-order valence-corrected chi connectivity index (χ4v) is 1.76. The van der Waals surface area contributed by atoms with Crippen molar-refractivity contribution in [1.29, 1.82) is 0 Å². The number of benzene rings is 1. The van der Waals surface area contributed by atoms with Gasteiger partial charge in [-0.05, 0) is 22.4 Å². The van der Waals surface area contributed by atoms with Crippen LogP contribution in [-0.4, -0.2) is 31.8 Å². The highest BCUT2D eigenvalue weighted by Crippen LogP contribution is 2.06. The minimum Gasteiger partial charge on any atom is -0.367 e. The smallest absolute Gasteiger partial charge is 0.262 e. The molecule has 21 heavy (non-hydrogen) atoms. The van der Waals surface area contributed by atoms with Crippen molar-refractivity contribution in [3.63, 3.8) is 0 Å². The first-order chi connectivity index (χ1) is 10.2. The summed E-state index contributed by atoms with van der Waals surface area (Å²) in [4.78, 5) is 11.8. The molecule has 8 heteroatoms. The van der Waals surface area contributed by atoms with Gasteiger partial charge in [-0.3, -0.25) is 4.79 Å². The maximum absolute atomic E-state index is 11.8. The average Bonchev–Trinajstić information content (AvgIpc) is 2.89. The van der Waals surface area contributed by atoms with Crippen LogP contribution in [0.5, 0.6) is 0 Å². The second-order valence-electron chi connectivity index (χ2n) is 4.40. The third-order valence-corrected chi connectivity index (χ3v) is 2.76. The van der Waals surface area contributed by atoms with Gasteiger partial charge in [-0.2, -0.15) is 5.10 Å². The van der Waals surface area contributed by atoms with Gasteiger partial charge in [0.15, 0.2) is 0 Å². The van der Waals surface area contributed by atoms with Crippen molar-refractivity contribution < 1.29 is 4.79 Å². The molecule has 0 spiro atoms. The van der Waals surface area contributed by atoms with Crippen LogP contribution in [0.4, 0.5) is 5.95 Å². The number of anilines is 1. The molecule has 0 saturated carbocycles. The fraction of sp³-hybridized carbons (Fsp3) is 0.308. The van der Waals surface area contributed by atoms with E-state index in [2.05, 4.69) is 33.0 Å². The van der Waals surface area contributed by atoms with Gasteiger partial charge in [-0.1, -0.05) is 48.8 Å². The zero-order valence-electron chi connectivity index (χ0n) is 11.7. The maximum atomic E-state index is 11.8. The first-order valence-electron chi connectivity index (χ1n) is 6.63. The lowest BCUT2D eigenvalue weighted by Gasteiger charge is -2.06. The van der Waals surface area contributed by atoms with Crippen LogP contribution in [-0.2, 0) is 11.3 Å². The third kappa shape index (κ3) is 4.10. The lowest BCUT2D eigenvalue weighted by atomic mass is 10.1. The molecule has 8 nitrogen and oxygen atoms in total. The second kappa shape index (κ2) is 7.13. The summed E-state index contributed by atoms with van der Waals surface area (Å²) in [6, 6.07) is 9.72. The Morgan fingerprint density at radius 1 is 1.38 bits per heavy atom. The van der Waals surface area contributed by atoms with Crippen LogP contribution in [0, 0.1) is 0 Å². The zero-order valence-corrected chi connectivity index (χ0v) is 11.7. The lowest BCUT2D eigenvalue weighted by molar-refractivity contribution is -0.121. The molecule has 1 aromatic heterocycles. The molecule has 0 saturated heterocycles. The van der Waals surface area contributed by atoms with E-state index in [0.29, 0.717) is 0 Å². The molecule has 0 unspecified atom stereocenters. The normalized spacial score (nSPS) is 11.4. The van der Waals surface area contributed by atoms with Crippen LogP contribution in [0.1, 0.15) is 25.3 Å². The fourth-order valence-electron chi connectivity index (χ4n) is 1.76. The predicted octanol–water partition coefficient (Wildman–Crippen LogP) is 0.576. The Bertz CT molecular complexity index is 620. The van der Waals surface area contributed by atoms with Crippen LogP contribution in [0.25, 0.3) is 0 Å². The molecule has 0 aliphatic heterocycles. The Labute approximate surface area is 122 Å². The average molecular weight is 287 g/mol. The molecule has 1 heterocycles. The third-order valence-electron chi connectivity index (χ3n) is 2.76. The van der Waals surface area contributed by atoms with Gasteiger partial charge in [-0.25, -0.2) is 10.1 Å². The highest BCUT2D eigenvalue weighted by molar-refractivity contribution is 6.01. The predicted molar refractivity (Wildman–Crippen MR) is 78.3 cm³/mol. The summed E-state index contributed by atoms with van der Waals surface area (Å²) in [5.41, 5.74) is 9.82. The molecule has 2 rings (SSSR count). The molecule has 0 aliphatic rings. The summed E-state index contributed by atoms with van der Waals surface area (Å²) in [6.07, 6.45) is 1.71. The van der Waals surface area contributed by atoms with Crippen molar-refractivity contribution >= 4 is 17.6 Å². The van der Waals surface area contributed by atoms with Crippen molar-refractivity contribution in [2.24, 2.45) is 5.10 Å². The number of nitrogens with zero attached hydrogens (tertiary/aromatic N) is 5. The Hall–Kier alpha value is -2.77. The SMILES string of the molecule is CCCC(=NNC(=O)Cn1nnnc1N)c1ccccc1. The van der Waals surface area contributed by atoms with Crippen molar-refractivity contribution in [1.82, 2.24) is 25.6 Å². The van der Waals surface area contributed by atoms with E-state index in [-0.39, 0.29) is 18.4 Å². The monoisotopic (exact) mass is 287 g/mol. The molecule has 1 amide bonds. The van der Waals surface area contributed by atoms with Gasteiger partial charge in [0.1, 0.15) is 6.54 Å². The number of carbonyl (C=O) groups excluding carboxylic acids is 1. The number of nitrogens with one attached hydrogen (secondary N) is 1. The van der Waals surface area contributed by atoms with E-state index >= 15 is 0 Å². The number of nitrogen functional groups attached to an aromatic ring is 1. The van der Waals surface area contributed by atoms with Gasteiger partial charge in [0, 0.05) is 0 Å². The van der Waals surface area contributed by atoms with Crippen molar-refractivity contribution in [2.75, 3.05) is 5.73 Å². The van der Waals surface area contributed by atoms with E-state index in [1.165, 1.54) is 4.68 Å². The number of nitrogens with two attached hydrogens (primary N) is 1. The Morgan fingerprint density at radius 2 is 2.14 bits per heavy atom. The topological polar surface area (TPSA) is 111 Å².